The van der Waals surface area contributed by atoms with Gasteiger partial charge in [-0.2, -0.15) is 0 Å². The zero-order chi connectivity index (χ0) is 19.6. The van der Waals surface area contributed by atoms with E-state index in [4.69, 9.17) is 9.84 Å². The summed E-state index contributed by atoms with van der Waals surface area (Å²) in [5.74, 6) is -1.69. The number of nitrogens with one attached hydrogen (secondary N) is 1. The number of rotatable bonds is 7. The molecule has 0 fully saturated rings. The van der Waals surface area contributed by atoms with Gasteiger partial charge in [0.1, 0.15) is 12.0 Å². The van der Waals surface area contributed by atoms with Gasteiger partial charge in [-0.05, 0) is 55.4 Å². The third-order valence-corrected chi connectivity index (χ3v) is 5.99. The Morgan fingerprint density at radius 1 is 1.30 bits per heavy atom. The third-order valence-electron chi connectivity index (χ3n) is 5.99. The van der Waals surface area contributed by atoms with E-state index in [9.17, 15) is 14.7 Å². The van der Waals surface area contributed by atoms with E-state index < -0.39 is 24.0 Å². The first-order chi connectivity index (χ1) is 12.9. The Balaban J connectivity index is 1.88. The van der Waals surface area contributed by atoms with Gasteiger partial charge >= 0.3 is 11.9 Å². The van der Waals surface area contributed by atoms with Crippen LogP contribution < -0.4 is 0 Å². The predicted octanol–water partition coefficient (Wildman–Crippen LogP) is 3.34. The molecule has 146 valence electrons. The number of hydrogen-bond donors (Lipinski definition) is 3. The van der Waals surface area contributed by atoms with E-state index in [1.54, 1.807) is 0 Å². The Morgan fingerprint density at radius 2 is 2.04 bits per heavy atom. The summed E-state index contributed by atoms with van der Waals surface area (Å²) in [5, 5.41) is 19.4. The minimum atomic E-state index is -1.16. The molecule has 27 heavy (non-hydrogen) atoms. The number of fused-ring (bicyclic) bond motifs is 3. The lowest BCUT2D eigenvalue weighted by molar-refractivity contribution is -0.171. The van der Waals surface area contributed by atoms with Crippen LogP contribution in [0.25, 0.3) is 10.9 Å². The third kappa shape index (κ3) is 3.72. The second kappa shape index (κ2) is 7.72. The van der Waals surface area contributed by atoms with Gasteiger partial charge in [-0.15, -0.1) is 0 Å². The van der Waals surface area contributed by atoms with E-state index >= 15 is 0 Å². The van der Waals surface area contributed by atoms with Crippen LogP contribution in [0.5, 0.6) is 0 Å². The highest BCUT2D eigenvalue weighted by Crippen LogP contribution is 2.41. The van der Waals surface area contributed by atoms with E-state index in [-0.39, 0.29) is 12.5 Å². The van der Waals surface area contributed by atoms with Crippen molar-refractivity contribution >= 4 is 22.8 Å². The normalized spacial score (nSPS) is 16.9. The first kappa shape index (κ1) is 19.4. The van der Waals surface area contributed by atoms with Gasteiger partial charge in [0.05, 0.1) is 6.61 Å². The summed E-state index contributed by atoms with van der Waals surface area (Å²) in [6, 6.07) is 5.94. The number of hydrogen-bond acceptors (Lipinski definition) is 4. The molecule has 2 aromatic rings. The highest BCUT2D eigenvalue weighted by atomic mass is 16.6. The summed E-state index contributed by atoms with van der Waals surface area (Å²) in [5.41, 5.74) is 3.73. The summed E-state index contributed by atoms with van der Waals surface area (Å²) in [4.78, 5) is 26.4. The average molecular weight is 373 g/mol. The summed E-state index contributed by atoms with van der Waals surface area (Å²) in [6.45, 7) is 4.00. The Hall–Kier alpha value is -2.34. The van der Waals surface area contributed by atoms with Gasteiger partial charge in [-0.3, -0.25) is 9.59 Å². The number of carbonyl (C=O) groups is 2. The summed E-state index contributed by atoms with van der Waals surface area (Å²) in [6.07, 6.45) is 3.22. The highest BCUT2D eigenvalue weighted by Gasteiger charge is 2.41. The number of ether oxygens (including phenoxy) is 1. The molecule has 0 saturated heterocycles. The molecule has 0 aliphatic heterocycles. The molecule has 3 N–H and O–H groups in total. The molecule has 0 radical (unpaired) electrons. The number of aliphatic carboxylic acids is 1. The van der Waals surface area contributed by atoms with E-state index in [1.807, 2.05) is 32.0 Å². The molecule has 0 amide bonds. The largest absolute Gasteiger partial charge is 0.481 e. The number of benzene rings is 1. The van der Waals surface area contributed by atoms with Crippen LogP contribution in [0.4, 0.5) is 0 Å². The molecular formula is C21H27NO5. The standard InChI is InChI=1S/C21H27NO5/c1-3-21(4-2,27-20(26)11-19(24)25)14-6-7-15-16-9-13(12-23)5-8-17(16)22-18(15)10-14/h5,8-9,14,22-23H,3-4,6-7,10-12H2,1-2H3,(H,24,25). The number of aromatic amines is 1. The van der Waals surface area contributed by atoms with Crippen molar-refractivity contribution in [2.24, 2.45) is 5.92 Å². The Kier molecular flexibility index (Phi) is 5.56. The summed E-state index contributed by atoms with van der Waals surface area (Å²) in [7, 11) is 0. The summed E-state index contributed by atoms with van der Waals surface area (Å²) < 4.78 is 5.75. The minimum absolute atomic E-state index is 0.0207. The highest BCUT2D eigenvalue weighted by molar-refractivity contribution is 5.90. The lowest BCUT2D eigenvalue weighted by Crippen LogP contribution is -2.44. The number of H-pyrrole nitrogens is 1. The monoisotopic (exact) mass is 373 g/mol. The topological polar surface area (TPSA) is 99.6 Å². The van der Waals surface area contributed by atoms with Crippen molar-refractivity contribution in [1.29, 1.82) is 0 Å². The van der Waals surface area contributed by atoms with Gasteiger partial charge in [0.2, 0.25) is 0 Å². The Bertz CT molecular complexity index is 850. The lowest BCUT2D eigenvalue weighted by Gasteiger charge is -2.41. The SMILES string of the molecule is CCC(CC)(OC(=O)CC(=O)O)C1CCc2c([nH]c3ccc(CO)cc23)C1. The van der Waals surface area contributed by atoms with Crippen molar-refractivity contribution in [3.63, 3.8) is 0 Å². The lowest BCUT2D eigenvalue weighted by atomic mass is 9.73. The molecule has 1 aromatic carbocycles. The van der Waals surface area contributed by atoms with Crippen molar-refractivity contribution in [2.75, 3.05) is 0 Å². The molecule has 0 spiro atoms. The van der Waals surface area contributed by atoms with Crippen LogP contribution in [0.3, 0.4) is 0 Å². The molecule has 1 unspecified atom stereocenters. The van der Waals surface area contributed by atoms with Crippen molar-refractivity contribution < 1.29 is 24.5 Å². The van der Waals surface area contributed by atoms with E-state index in [0.29, 0.717) is 12.8 Å². The zero-order valence-corrected chi connectivity index (χ0v) is 15.9. The van der Waals surface area contributed by atoms with Gasteiger partial charge in [0.25, 0.3) is 0 Å². The number of aryl methyl sites for hydroxylation is 1. The number of aliphatic hydroxyl groups excluding tert-OH is 1. The van der Waals surface area contributed by atoms with Gasteiger partial charge < -0.3 is 19.9 Å². The second-order valence-corrected chi connectivity index (χ2v) is 7.38. The van der Waals surface area contributed by atoms with Crippen LogP contribution in [-0.2, 0) is 33.8 Å². The van der Waals surface area contributed by atoms with Gasteiger partial charge in [-0.25, -0.2) is 0 Å². The molecule has 1 aliphatic carbocycles. The van der Waals surface area contributed by atoms with Crippen LogP contribution in [0.1, 0.15) is 56.4 Å². The Labute approximate surface area is 158 Å². The van der Waals surface area contributed by atoms with Crippen LogP contribution >= 0.6 is 0 Å². The van der Waals surface area contributed by atoms with Crippen molar-refractivity contribution in [1.82, 2.24) is 4.98 Å². The molecule has 0 bridgehead atoms. The molecule has 1 atom stereocenters. The first-order valence-corrected chi connectivity index (χ1v) is 9.59. The maximum absolute atomic E-state index is 12.1. The number of aromatic nitrogens is 1. The fraction of sp³-hybridized carbons (Fsp3) is 0.524. The molecule has 0 saturated carbocycles. The number of carboxylic acid groups (broad SMARTS) is 1. The van der Waals surface area contributed by atoms with Gasteiger partial charge in [0, 0.05) is 22.5 Å². The number of aliphatic hydroxyl groups is 1. The number of carbonyl (C=O) groups excluding carboxylic acids is 1. The molecule has 1 heterocycles. The maximum atomic E-state index is 12.1. The van der Waals surface area contributed by atoms with Crippen molar-refractivity contribution in [2.45, 2.75) is 64.6 Å². The molecule has 6 heteroatoms. The fourth-order valence-electron chi connectivity index (χ4n) is 4.47. The first-order valence-electron chi connectivity index (χ1n) is 9.59. The number of carboxylic acids is 1. The molecule has 6 nitrogen and oxygen atoms in total. The fourth-order valence-corrected chi connectivity index (χ4v) is 4.47. The van der Waals surface area contributed by atoms with Gasteiger partial charge in [-0.1, -0.05) is 19.9 Å². The van der Waals surface area contributed by atoms with E-state index in [2.05, 4.69) is 4.98 Å². The van der Waals surface area contributed by atoms with Crippen LogP contribution in [-0.4, -0.2) is 32.7 Å². The molecule has 1 aromatic heterocycles. The van der Waals surface area contributed by atoms with Gasteiger partial charge in [0.15, 0.2) is 0 Å². The second-order valence-electron chi connectivity index (χ2n) is 7.38. The molecular weight excluding hydrogens is 346 g/mol. The van der Waals surface area contributed by atoms with Crippen molar-refractivity contribution in [3.8, 4) is 0 Å². The molecule has 1 aliphatic rings. The smallest absolute Gasteiger partial charge is 0.317 e. The quantitative estimate of drug-likeness (QED) is 0.511. The van der Waals surface area contributed by atoms with Crippen molar-refractivity contribution in [3.05, 3.63) is 35.0 Å². The van der Waals surface area contributed by atoms with Crippen LogP contribution in [0.2, 0.25) is 0 Å². The predicted molar refractivity (Wildman–Crippen MR) is 101 cm³/mol. The van der Waals surface area contributed by atoms with Crippen LogP contribution in [0, 0.1) is 5.92 Å². The minimum Gasteiger partial charge on any atom is -0.481 e. The van der Waals surface area contributed by atoms with Crippen LogP contribution in [0.15, 0.2) is 18.2 Å². The van der Waals surface area contributed by atoms with E-state index in [0.717, 1.165) is 41.4 Å². The van der Waals surface area contributed by atoms with E-state index in [1.165, 1.54) is 5.56 Å². The molecule has 3 rings (SSSR count). The summed E-state index contributed by atoms with van der Waals surface area (Å²) >= 11 is 0. The average Bonchev–Trinajstić information content (AvgIpc) is 3.02. The zero-order valence-electron chi connectivity index (χ0n) is 15.9. The Morgan fingerprint density at radius 3 is 2.67 bits per heavy atom. The number of esters is 1. The maximum Gasteiger partial charge on any atom is 0.317 e.